The highest BCUT2D eigenvalue weighted by Gasteiger charge is 2.12. The molecule has 3 nitrogen and oxygen atoms in total. The lowest BCUT2D eigenvalue weighted by Crippen LogP contribution is -2.08. The maximum Gasteiger partial charge on any atom is 0.339 e. The Hall–Kier alpha value is -1.22. The summed E-state index contributed by atoms with van der Waals surface area (Å²) < 4.78 is 5.09. The number of nitrogen functional groups attached to an aromatic ring is 1. The van der Waals surface area contributed by atoms with Crippen LogP contribution in [0.15, 0.2) is 18.2 Å². The highest BCUT2D eigenvalue weighted by molar-refractivity contribution is 6.36. The van der Waals surface area contributed by atoms with E-state index in [-0.39, 0.29) is 5.02 Å². The van der Waals surface area contributed by atoms with Gasteiger partial charge in [-0.1, -0.05) is 37.4 Å². The number of ether oxygens (including phenoxy) is 1. The highest BCUT2D eigenvalue weighted by Crippen LogP contribution is 2.23. The lowest BCUT2D eigenvalue weighted by molar-refractivity contribution is 0.0498. The number of hydrogen-bond donors (Lipinski definition) is 1. The second-order valence-corrected chi connectivity index (χ2v) is 3.93. The maximum absolute atomic E-state index is 11.6. The van der Waals surface area contributed by atoms with Gasteiger partial charge >= 0.3 is 5.97 Å². The van der Waals surface area contributed by atoms with Gasteiger partial charge < -0.3 is 10.5 Å². The van der Waals surface area contributed by atoms with Crippen molar-refractivity contribution in [1.29, 1.82) is 0 Å². The molecule has 4 heteroatoms. The first-order valence-corrected chi connectivity index (χ1v) is 5.75. The van der Waals surface area contributed by atoms with E-state index in [1.807, 2.05) is 0 Å². The van der Waals surface area contributed by atoms with E-state index in [2.05, 4.69) is 6.92 Å². The molecule has 0 unspecified atom stereocenters. The van der Waals surface area contributed by atoms with Crippen molar-refractivity contribution in [3.8, 4) is 0 Å². The van der Waals surface area contributed by atoms with Crippen LogP contribution < -0.4 is 5.73 Å². The molecule has 88 valence electrons. The van der Waals surface area contributed by atoms with Crippen molar-refractivity contribution < 1.29 is 9.53 Å². The van der Waals surface area contributed by atoms with E-state index >= 15 is 0 Å². The van der Waals surface area contributed by atoms with Crippen molar-refractivity contribution in [2.75, 3.05) is 12.3 Å². The Morgan fingerprint density at radius 1 is 1.44 bits per heavy atom. The van der Waals surface area contributed by atoms with Crippen LogP contribution in [-0.4, -0.2) is 12.6 Å². The van der Waals surface area contributed by atoms with Gasteiger partial charge in [0.25, 0.3) is 0 Å². The maximum atomic E-state index is 11.6. The van der Waals surface area contributed by atoms with Crippen LogP contribution in [0, 0.1) is 0 Å². The Balaban J connectivity index is 2.56. The van der Waals surface area contributed by atoms with Crippen LogP contribution in [0.4, 0.5) is 5.69 Å². The van der Waals surface area contributed by atoms with E-state index in [4.69, 9.17) is 22.1 Å². The van der Waals surface area contributed by atoms with Crippen molar-refractivity contribution >= 4 is 23.3 Å². The second kappa shape index (κ2) is 6.38. The fourth-order valence-corrected chi connectivity index (χ4v) is 1.51. The van der Waals surface area contributed by atoms with Crippen LogP contribution in [0.2, 0.25) is 5.02 Å². The monoisotopic (exact) mass is 241 g/mol. The number of carbonyl (C=O) groups is 1. The predicted molar refractivity (Wildman–Crippen MR) is 65.7 cm³/mol. The first-order valence-electron chi connectivity index (χ1n) is 5.38. The highest BCUT2D eigenvalue weighted by atomic mass is 35.5. The van der Waals surface area contributed by atoms with Gasteiger partial charge in [0.1, 0.15) is 0 Å². The van der Waals surface area contributed by atoms with Gasteiger partial charge in [0.15, 0.2) is 0 Å². The van der Waals surface area contributed by atoms with Gasteiger partial charge in [0.05, 0.1) is 22.9 Å². The van der Waals surface area contributed by atoms with Gasteiger partial charge in [-0.3, -0.25) is 0 Å². The van der Waals surface area contributed by atoms with Crippen molar-refractivity contribution in [2.45, 2.75) is 26.2 Å². The normalized spacial score (nSPS) is 10.1. The Morgan fingerprint density at radius 2 is 2.19 bits per heavy atom. The van der Waals surface area contributed by atoms with Crippen LogP contribution in [0.1, 0.15) is 36.5 Å². The number of nitrogens with two attached hydrogens (primary N) is 1. The van der Waals surface area contributed by atoms with E-state index in [1.54, 1.807) is 18.2 Å². The van der Waals surface area contributed by atoms with Crippen molar-refractivity contribution in [1.82, 2.24) is 0 Å². The Kier molecular flexibility index (Phi) is 5.12. The molecule has 0 aliphatic heterocycles. The Labute approximate surface area is 101 Å². The van der Waals surface area contributed by atoms with Gasteiger partial charge in [-0.15, -0.1) is 0 Å². The summed E-state index contributed by atoms with van der Waals surface area (Å²) in [5.74, 6) is -0.409. The average molecular weight is 242 g/mol. The molecule has 0 bridgehead atoms. The number of rotatable bonds is 5. The van der Waals surface area contributed by atoms with Gasteiger partial charge in [-0.25, -0.2) is 4.79 Å². The van der Waals surface area contributed by atoms with Crippen LogP contribution in [0.3, 0.4) is 0 Å². The van der Waals surface area contributed by atoms with Crippen molar-refractivity contribution in [3.05, 3.63) is 28.8 Å². The quantitative estimate of drug-likeness (QED) is 0.489. The second-order valence-electron chi connectivity index (χ2n) is 3.55. The van der Waals surface area contributed by atoms with Gasteiger partial charge in [-0.05, 0) is 18.6 Å². The van der Waals surface area contributed by atoms with Gasteiger partial charge in [-0.2, -0.15) is 0 Å². The number of benzene rings is 1. The van der Waals surface area contributed by atoms with Crippen LogP contribution in [0.25, 0.3) is 0 Å². The number of unbranched alkanes of at least 4 members (excludes halogenated alkanes) is 2. The summed E-state index contributed by atoms with van der Waals surface area (Å²) in [6.45, 7) is 2.52. The van der Waals surface area contributed by atoms with Gasteiger partial charge in [0.2, 0.25) is 0 Å². The lowest BCUT2D eigenvalue weighted by atomic mass is 10.2. The number of esters is 1. The molecule has 0 atom stereocenters. The number of carbonyl (C=O) groups excluding carboxylic acids is 1. The minimum atomic E-state index is -0.409. The molecule has 1 rings (SSSR count). The van der Waals surface area contributed by atoms with Crippen LogP contribution in [-0.2, 0) is 4.74 Å². The van der Waals surface area contributed by atoms with E-state index < -0.39 is 5.97 Å². The summed E-state index contributed by atoms with van der Waals surface area (Å²) in [5.41, 5.74) is 6.32. The molecule has 0 saturated carbocycles. The molecule has 0 fully saturated rings. The minimum absolute atomic E-state index is 0.267. The number of anilines is 1. The third-order valence-corrected chi connectivity index (χ3v) is 2.65. The zero-order valence-corrected chi connectivity index (χ0v) is 10.1. The zero-order valence-electron chi connectivity index (χ0n) is 9.33. The first-order chi connectivity index (χ1) is 7.66. The Morgan fingerprint density at radius 3 is 2.88 bits per heavy atom. The molecule has 0 heterocycles. The fraction of sp³-hybridized carbons (Fsp3) is 0.417. The van der Waals surface area contributed by atoms with Crippen LogP contribution >= 0.6 is 11.6 Å². The molecule has 1 aromatic carbocycles. The molecule has 0 aliphatic rings. The third-order valence-electron chi connectivity index (χ3n) is 2.23. The van der Waals surface area contributed by atoms with E-state index in [1.165, 1.54) is 0 Å². The average Bonchev–Trinajstić information content (AvgIpc) is 2.28. The number of hydrogen-bond acceptors (Lipinski definition) is 3. The zero-order chi connectivity index (χ0) is 12.0. The molecule has 0 aliphatic carbocycles. The Bertz CT molecular complexity index is 366. The molecular formula is C12H16ClNO2. The summed E-state index contributed by atoms with van der Waals surface area (Å²) in [5, 5.41) is 0.267. The fourth-order valence-electron chi connectivity index (χ4n) is 1.30. The molecule has 2 N–H and O–H groups in total. The molecule has 1 aromatic rings. The van der Waals surface area contributed by atoms with Gasteiger partial charge in [0, 0.05) is 0 Å². The van der Waals surface area contributed by atoms with E-state index in [9.17, 15) is 4.79 Å². The summed E-state index contributed by atoms with van der Waals surface area (Å²) in [4.78, 5) is 11.6. The molecule has 0 amide bonds. The van der Waals surface area contributed by atoms with Crippen LogP contribution in [0.5, 0.6) is 0 Å². The van der Waals surface area contributed by atoms with E-state index in [0.29, 0.717) is 17.9 Å². The summed E-state index contributed by atoms with van der Waals surface area (Å²) in [6, 6.07) is 4.95. The number of halogens is 1. The third kappa shape index (κ3) is 3.42. The molecule has 16 heavy (non-hydrogen) atoms. The first kappa shape index (κ1) is 12.8. The summed E-state index contributed by atoms with van der Waals surface area (Å²) in [7, 11) is 0. The molecule has 0 aromatic heterocycles. The largest absolute Gasteiger partial charge is 0.462 e. The topological polar surface area (TPSA) is 52.3 Å². The van der Waals surface area contributed by atoms with Crippen molar-refractivity contribution in [3.63, 3.8) is 0 Å². The van der Waals surface area contributed by atoms with E-state index in [0.717, 1.165) is 19.3 Å². The molecular weight excluding hydrogens is 226 g/mol. The summed E-state index contributed by atoms with van der Waals surface area (Å²) >= 11 is 5.90. The lowest BCUT2D eigenvalue weighted by Gasteiger charge is -2.07. The standard InChI is InChI=1S/C12H16ClNO2/c1-2-3-4-8-16-12(15)9-6-5-7-10(14)11(9)13/h5-7H,2-4,8,14H2,1H3. The minimum Gasteiger partial charge on any atom is -0.462 e. The SMILES string of the molecule is CCCCCOC(=O)c1cccc(N)c1Cl. The summed E-state index contributed by atoms with van der Waals surface area (Å²) in [6.07, 6.45) is 3.02. The molecule has 0 saturated heterocycles. The predicted octanol–water partition coefficient (Wildman–Crippen LogP) is 3.27. The molecule has 0 radical (unpaired) electrons. The van der Waals surface area contributed by atoms with Crippen molar-refractivity contribution in [2.24, 2.45) is 0 Å². The molecule has 0 spiro atoms. The smallest absolute Gasteiger partial charge is 0.339 e.